The molecule has 2 aromatic rings. The number of nitrogens with zero attached hydrogens (tertiary/aromatic N) is 2. The van der Waals surface area contributed by atoms with E-state index in [4.69, 9.17) is 4.74 Å². The first-order valence-electron chi connectivity index (χ1n) is 9.92. The number of carbonyl (C=O) groups is 1. The number of rotatable bonds is 10. The number of benzene rings is 1. The molecule has 28 heavy (non-hydrogen) atoms. The molecule has 0 bridgehead atoms. The van der Waals surface area contributed by atoms with Gasteiger partial charge in [0.2, 0.25) is 5.91 Å². The maximum atomic E-state index is 13.0. The third kappa shape index (κ3) is 5.29. The van der Waals surface area contributed by atoms with Crippen LogP contribution in [0.5, 0.6) is 0 Å². The monoisotopic (exact) mass is 385 g/mol. The molecular formula is C22H31N3O3. The van der Waals surface area contributed by atoms with Crippen molar-refractivity contribution in [3.05, 3.63) is 63.8 Å². The van der Waals surface area contributed by atoms with Crippen molar-refractivity contribution in [1.82, 2.24) is 14.9 Å². The Labute approximate surface area is 167 Å². The van der Waals surface area contributed by atoms with E-state index in [9.17, 15) is 9.59 Å². The summed E-state index contributed by atoms with van der Waals surface area (Å²) in [6.45, 7) is 4.56. The summed E-state index contributed by atoms with van der Waals surface area (Å²) in [7, 11) is 3.29. The molecule has 1 heterocycles. The second-order valence-electron chi connectivity index (χ2n) is 6.98. The van der Waals surface area contributed by atoms with Gasteiger partial charge in [-0.3, -0.25) is 14.2 Å². The van der Waals surface area contributed by atoms with Gasteiger partial charge in [-0.1, -0.05) is 50.6 Å². The van der Waals surface area contributed by atoms with Crippen LogP contribution in [0.15, 0.2) is 41.3 Å². The molecule has 2 rings (SSSR count). The summed E-state index contributed by atoms with van der Waals surface area (Å²) in [5.41, 5.74) is 1.58. The number of hydrogen-bond donors (Lipinski definition) is 1. The van der Waals surface area contributed by atoms with Crippen LogP contribution in [0.25, 0.3) is 0 Å². The fraction of sp³-hybridized carbons (Fsp3) is 0.500. The van der Waals surface area contributed by atoms with Crippen molar-refractivity contribution in [3.8, 4) is 0 Å². The lowest BCUT2D eigenvalue weighted by molar-refractivity contribution is -0.122. The molecule has 152 valence electrons. The molecule has 0 fully saturated rings. The molecule has 6 heteroatoms. The van der Waals surface area contributed by atoms with Gasteiger partial charge in [-0.15, -0.1) is 0 Å². The second kappa shape index (κ2) is 10.8. The average molecular weight is 386 g/mol. The fourth-order valence-electron chi connectivity index (χ4n) is 3.42. The second-order valence-corrected chi connectivity index (χ2v) is 6.98. The van der Waals surface area contributed by atoms with Crippen molar-refractivity contribution in [1.29, 1.82) is 0 Å². The zero-order valence-electron chi connectivity index (χ0n) is 17.3. The van der Waals surface area contributed by atoms with E-state index in [-0.39, 0.29) is 23.8 Å². The predicted molar refractivity (Wildman–Crippen MR) is 110 cm³/mol. The lowest BCUT2D eigenvalue weighted by Gasteiger charge is -2.22. The third-order valence-corrected chi connectivity index (χ3v) is 5.03. The van der Waals surface area contributed by atoms with Crippen molar-refractivity contribution >= 4 is 5.91 Å². The van der Waals surface area contributed by atoms with Gasteiger partial charge < -0.3 is 10.1 Å². The van der Waals surface area contributed by atoms with Crippen LogP contribution in [-0.2, 0) is 16.6 Å². The summed E-state index contributed by atoms with van der Waals surface area (Å²) in [5.74, 6) is 0.584. The van der Waals surface area contributed by atoms with Crippen LogP contribution in [0.2, 0.25) is 0 Å². The smallest absolute Gasteiger partial charge is 0.256 e. The van der Waals surface area contributed by atoms with Crippen LogP contribution >= 0.6 is 0 Å². The Morgan fingerprint density at radius 1 is 1.25 bits per heavy atom. The minimum absolute atomic E-state index is 0.0441. The van der Waals surface area contributed by atoms with E-state index in [1.165, 1.54) is 0 Å². The summed E-state index contributed by atoms with van der Waals surface area (Å²) < 4.78 is 6.57. The first-order valence-corrected chi connectivity index (χ1v) is 9.92. The molecule has 0 radical (unpaired) electrons. The Kier molecular flexibility index (Phi) is 8.39. The Hall–Kier alpha value is -2.47. The van der Waals surface area contributed by atoms with E-state index in [0.717, 1.165) is 30.4 Å². The normalized spacial score (nSPS) is 13.1. The van der Waals surface area contributed by atoms with Gasteiger partial charge in [0.05, 0.1) is 6.61 Å². The molecule has 0 aliphatic carbocycles. The van der Waals surface area contributed by atoms with Crippen LogP contribution in [0.4, 0.5) is 0 Å². The van der Waals surface area contributed by atoms with Crippen molar-refractivity contribution in [2.24, 2.45) is 7.05 Å². The SMILES string of the molecule is CCCC(CC)c1cnc([C@@H](NC(=O)CCOC)c2ccccc2)n(C)c1=O. The molecule has 1 N–H and O–H groups in total. The minimum atomic E-state index is -0.497. The maximum Gasteiger partial charge on any atom is 0.256 e. The molecule has 0 spiro atoms. The molecule has 1 aromatic carbocycles. The highest BCUT2D eigenvalue weighted by Crippen LogP contribution is 2.24. The highest BCUT2D eigenvalue weighted by Gasteiger charge is 2.23. The molecule has 6 nitrogen and oxygen atoms in total. The van der Waals surface area contributed by atoms with Gasteiger partial charge >= 0.3 is 0 Å². The molecule has 1 aromatic heterocycles. The molecule has 1 unspecified atom stereocenters. The Bertz CT molecular complexity index is 818. The van der Waals surface area contributed by atoms with Gasteiger partial charge in [0, 0.05) is 32.3 Å². The number of nitrogens with one attached hydrogen (secondary N) is 1. The molecule has 2 atom stereocenters. The van der Waals surface area contributed by atoms with Crippen LogP contribution in [0, 0.1) is 0 Å². The van der Waals surface area contributed by atoms with E-state index in [0.29, 0.717) is 12.4 Å². The zero-order valence-corrected chi connectivity index (χ0v) is 17.3. The third-order valence-electron chi connectivity index (χ3n) is 5.03. The number of aromatic nitrogens is 2. The quantitative estimate of drug-likeness (QED) is 0.681. The Balaban J connectivity index is 2.44. The molecule has 0 aliphatic rings. The first-order chi connectivity index (χ1) is 13.5. The fourth-order valence-corrected chi connectivity index (χ4v) is 3.42. The largest absolute Gasteiger partial charge is 0.384 e. The summed E-state index contributed by atoms with van der Waals surface area (Å²) in [4.78, 5) is 30.0. The average Bonchev–Trinajstić information content (AvgIpc) is 2.72. The van der Waals surface area contributed by atoms with Crippen LogP contribution < -0.4 is 10.9 Å². The van der Waals surface area contributed by atoms with Gasteiger partial charge in [0.25, 0.3) is 5.56 Å². The van der Waals surface area contributed by atoms with E-state index in [1.807, 2.05) is 30.3 Å². The summed E-state index contributed by atoms with van der Waals surface area (Å²) >= 11 is 0. The zero-order chi connectivity index (χ0) is 20.5. The van der Waals surface area contributed by atoms with Crippen LogP contribution in [0.3, 0.4) is 0 Å². The maximum absolute atomic E-state index is 13.0. The number of hydrogen-bond acceptors (Lipinski definition) is 4. The Morgan fingerprint density at radius 2 is 1.96 bits per heavy atom. The van der Waals surface area contributed by atoms with Gasteiger partial charge in [0.1, 0.15) is 11.9 Å². The van der Waals surface area contributed by atoms with Gasteiger partial charge in [-0.25, -0.2) is 4.98 Å². The number of amides is 1. The van der Waals surface area contributed by atoms with Crippen molar-refractivity contribution in [3.63, 3.8) is 0 Å². The topological polar surface area (TPSA) is 73.2 Å². The first kappa shape index (κ1) is 21.8. The molecule has 0 saturated heterocycles. The lowest BCUT2D eigenvalue weighted by Crippen LogP contribution is -2.36. The van der Waals surface area contributed by atoms with Gasteiger partial charge in [-0.05, 0) is 24.3 Å². The van der Waals surface area contributed by atoms with Crippen molar-refractivity contribution < 1.29 is 9.53 Å². The van der Waals surface area contributed by atoms with Crippen molar-refractivity contribution in [2.45, 2.75) is 51.5 Å². The molecule has 0 saturated carbocycles. The van der Waals surface area contributed by atoms with Gasteiger partial charge in [-0.2, -0.15) is 0 Å². The Morgan fingerprint density at radius 3 is 2.57 bits per heavy atom. The highest BCUT2D eigenvalue weighted by atomic mass is 16.5. The summed E-state index contributed by atoms with van der Waals surface area (Å²) in [5, 5.41) is 3.00. The van der Waals surface area contributed by atoms with E-state index in [2.05, 4.69) is 24.1 Å². The standard InChI is InChI=1S/C22H31N3O3/c1-5-10-16(6-2)18-15-23-21(25(3)22(18)27)20(17-11-8-7-9-12-17)24-19(26)13-14-28-4/h7-9,11-12,15-16,20H,5-6,10,13-14H2,1-4H3,(H,24,26)/t16?,20-/m0/s1. The highest BCUT2D eigenvalue weighted by molar-refractivity contribution is 5.76. The van der Waals surface area contributed by atoms with Crippen LogP contribution in [-0.4, -0.2) is 29.2 Å². The number of carbonyl (C=O) groups excluding carboxylic acids is 1. The molecule has 1 amide bonds. The van der Waals surface area contributed by atoms with E-state index < -0.39 is 6.04 Å². The number of methoxy groups -OCH3 is 1. The molecular weight excluding hydrogens is 354 g/mol. The minimum Gasteiger partial charge on any atom is -0.384 e. The summed E-state index contributed by atoms with van der Waals surface area (Å²) in [6.07, 6.45) is 4.83. The van der Waals surface area contributed by atoms with E-state index >= 15 is 0 Å². The number of ether oxygens (including phenoxy) is 1. The van der Waals surface area contributed by atoms with Gasteiger partial charge in [0.15, 0.2) is 0 Å². The molecule has 0 aliphatic heterocycles. The summed E-state index contributed by atoms with van der Waals surface area (Å²) in [6, 6.07) is 9.08. The van der Waals surface area contributed by atoms with Crippen molar-refractivity contribution in [2.75, 3.05) is 13.7 Å². The lowest BCUT2D eigenvalue weighted by atomic mass is 9.94. The van der Waals surface area contributed by atoms with Crippen LogP contribution in [0.1, 0.15) is 68.4 Å². The van der Waals surface area contributed by atoms with E-state index in [1.54, 1.807) is 24.9 Å². The predicted octanol–water partition coefficient (Wildman–Crippen LogP) is 3.32.